The van der Waals surface area contributed by atoms with Crippen molar-refractivity contribution in [3.8, 4) is 0 Å². The maximum absolute atomic E-state index is 13.0. The summed E-state index contributed by atoms with van der Waals surface area (Å²) in [5.41, 5.74) is 2.04. The molecule has 0 spiro atoms. The molecule has 2 aromatic carbocycles. The van der Waals surface area contributed by atoms with Crippen LogP contribution in [0.15, 0.2) is 71.6 Å². The van der Waals surface area contributed by atoms with Crippen molar-refractivity contribution in [3.63, 3.8) is 0 Å². The van der Waals surface area contributed by atoms with Crippen molar-refractivity contribution < 1.29 is 14.7 Å². The molecule has 0 bridgehead atoms. The number of anilines is 1. The summed E-state index contributed by atoms with van der Waals surface area (Å²) in [6, 6.07) is 17.0. The van der Waals surface area contributed by atoms with Gasteiger partial charge in [0, 0.05) is 21.2 Å². The topological polar surface area (TPSA) is 57.6 Å². The molecule has 1 atom stereocenters. The third-order valence-electron chi connectivity index (χ3n) is 4.75. The first kappa shape index (κ1) is 18.5. The molecule has 0 saturated carbocycles. The van der Waals surface area contributed by atoms with E-state index in [1.165, 1.54) is 16.2 Å². The van der Waals surface area contributed by atoms with E-state index in [4.69, 9.17) is 11.6 Å². The third-order valence-corrected chi connectivity index (χ3v) is 5.93. The number of nitrogens with zero attached hydrogens (tertiary/aromatic N) is 1. The van der Waals surface area contributed by atoms with Crippen LogP contribution in [0.4, 0.5) is 5.69 Å². The molecule has 1 N–H and O–H groups in total. The Labute approximate surface area is 171 Å². The van der Waals surface area contributed by atoms with E-state index in [1.807, 2.05) is 48.7 Å². The lowest BCUT2D eigenvalue weighted by Gasteiger charge is -2.25. The van der Waals surface area contributed by atoms with Gasteiger partial charge >= 0.3 is 0 Å². The maximum Gasteiger partial charge on any atom is 0.300 e. The summed E-state index contributed by atoms with van der Waals surface area (Å²) < 4.78 is 0. The molecule has 1 aromatic heterocycles. The number of hydrogen-bond donors (Lipinski definition) is 1. The summed E-state index contributed by atoms with van der Waals surface area (Å²) in [7, 11) is 0. The van der Waals surface area contributed by atoms with Gasteiger partial charge in [0.1, 0.15) is 11.8 Å². The van der Waals surface area contributed by atoms with Gasteiger partial charge in [-0.05, 0) is 54.3 Å². The predicted molar refractivity (Wildman–Crippen MR) is 112 cm³/mol. The molecule has 6 heteroatoms. The number of hydrogen-bond acceptors (Lipinski definition) is 4. The maximum atomic E-state index is 13.0. The van der Waals surface area contributed by atoms with Gasteiger partial charge in [-0.15, -0.1) is 11.3 Å². The van der Waals surface area contributed by atoms with E-state index in [0.29, 0.717) is 16.3 Å². The molecule has 4 nitrogen and oxygen atoms in total. The van der Waals surface area contributed by atoms with Gasteiger partial charge in [0.25, 0.3) is 11.7 Å². The van der Waals surface area contributed by atoms with Crippen LogP contribution in [0.1, 0.15) is 22.0 Å². The molecule has 28 heavy (non-hydrogen) atoms. The van der Waals surface area contributed by atoms with Crippen LogP contribution in [0, 0.1) is 6.92 Å². The fourth-order valence-corrected chi connectivity index (χ4v) is 4.34. The molecule has 140 valence electrons. The van der Waals surface area contributed by atoms with Crippen LogP contribution in [0.5, 0.6) is 0 Å². The van der Waals surface area contributed by atoms with Crippen molar-refractivity contribution in [2.75, 3.05) is 4.90 Å². The number of para-hydroxylation sites is 1. The number of halogens is 1. The Kier molecular flexibility index (Phi) is 4.79. The molecule has 3 aromatic rings. The second kappa shape index (κ2) is 7.26. The largest absolute Gasteiger partial charge is 0.507 e. The van der Waals surface area contributed by atoms with Gasteiger partial charge in [-0.3, -0.25) is 14.5 Å². The minimum absolute atomic E-state index is 0.0815. The molecule has 1 fully saturated rings. The fourth-order valence-electron chi connectivity index (χ4n) is 3.39. The van der Waals surface area contributed by atoms with Gasteiger partial charge in [-0.25, -0.2) is 0 Å². The summed E-state index contributed by atoms with van der Waals surface area (Å²) in [5, 5.41) is 13.3. The molecule has 0 aliphatic carbocycles. The molecule has 4 rings (SSSR count). The second-order valence-electron chi connectivity index (χ2n) is 6.48. The second-order valence-corrected chi connectivity index (χ2v) is 7.89. The van der Waals surface area contributed by atoms with E-state index < -0.39 is 17.7 Å². The molecule has 1 saturated heterocycles. The SMILES string of the molecule is Cc1ccccc1N1C(=O)C(=O)/C(=C(\O)c2ccc(Cl)cc2)C1c1cccs1. The smallest absolute Gasteiger partial charge is 0.300 e. The number of carbonyl (C=O) groups excluding carboxylic acids is 2. The fraction of sp³-hybridized carbons (Fsp3) is 0.0909. The number of thiophene rings is 1. The number of aliphatic hydroxyl groups excluding tert-OH is 1. The van der Waals surface area contributed by atoms with Crippen molar-refractivity contribution in [2.45, 2.75) is 13.0 Å². The van der Waals surface area contributed by atoms with Crippen LogP contribution in [0.2, 0.25) is 5.02 Å². The van der Waals surface area contributed by atoms with Crippen LogP contribution >= 0.6 is 22.9 Å². The van der Waals surface area contributed by atoms with Crippen molar-refractivity contribution in [1.82, 2.24) is 0 Å². The Morgan fingerprint density at radius 2 is 1.75 bits per heavy atom. The number of benzene rings is 2. The molecule has 1 amide bonds. The zero-order valence-corrected chi connectivity index (χ0v) is 16.5. The molecule has 1 unspecified atom stereocenters. The Morgan fingerprint density at radius 1 is 1.04 bits per heavy atom. The number of rotatable bonds is 3. The Bertz CT molecular complexity index is 1090. The molecule has 1 aliphatic rings. The van der Waals surface area contributed by atoms with Crippen molar-refractivity contribution >= 4 is 46.1 Å². The highest BCUT2D eigenvalue weighted by molar-refractivity contribution is 7.10. The monoisotopic (exact) mass is 409 g/mol. The van der Waals surface area contributed by atoms with E-state index >= 15 is 0 Å². The Morgan fingerprint density at radius 3 is 2.39 bits per heavy atom. The summed E-state index contributed by atoms with van der Waals surface area (Å²) >= 11 is 7.37. The zero-order chi connectivity index (χ0) is 19.8. The standard InChI is InChI=1S/C22H16ClNO3S/c1-13-5-2-3-6-16(13)24-19(17-7-4-12-28-17)18(21(26)22(24)27)20(25)14-8-10-15(23)11-9-14/h2-12,19,25H,1H3/b20-18-. The van der Waals surface area contributed by atoms with Gasteiger partial charge in [0.05, 0.1) is 5.57 Å². The van der Waals surface area contributed by atoms with E-state index in [9.17, 15) is 14.7 Å². The van der Waals surface area contributed by atoms with Gasteiger partial charge in [-0.2, -0.15) is 0 Å². The summed E-state index contributed by atoms with van der Waals surface area (Å²) in [4.78, 5) is 28.2. The molecule has 2 heterocycles. The minimum Gasteiger partial charge on any atom is -0.507 e. The number of aryl methyl sites for hydroxylation is 1. The lowest BCUT2D eigenvalue weighted by molar-refractivity contribution is -0.132. The lowest BCUT2D eigenvalue weighted by Crippen LogP contribution is -2.29. The summed E-state index contributed by atoms with van der Waals surface area (Å²) in [6.07, 6.45) is 0. The first-order valence-corrected chi connectivity index (χ1v) is 9.91. The van der Waals surface area contributed by atoms with Crippen molar-refractivity contribution in [1.29, 1.82) is 0 Å². The van der Waals surface area contributed by atoms with E-state index in [2.05, 4.69) is 0 Å². The van der Waals surface area contributed by atoms with Crippen LogP contribution in [0.25, 0.3) is 5.76 Å². The quantitative estimate of drug-likeness (QED) is 0.361. The number of Topliss-reactive ketones (excluding diaryl/α,β-unsaturated/α-hetero) is 1. The highest BCUT2D eigenvalue weighted by Gasteiger charge is 2.47. The average molecular weight is 410 g/mol. The summed E-state index contributed by atoms with van der Waals surface area (Å²) in [5.74, 6) is -1.55. The first-order chi connectivity index (χ1) is 13.5. The third kappa shape index (κ3) is 3.03. The van der Waals surface area contributed by atoms with Gasteiger partial charge < -0.3 is 5.11 Å². The van der Waals surface area contributed by atoms with E-state index in [-0.39, 0.29) is 11.3 Å². The van der Waals surface area contributed by atoms with E-state index in [0.717, 1.165) is 10.4 Å². The predicted octanol–water partition coefficient (Wildman–Crippen LogP) is 5.34. The van der Waals surface area contributed by atoms with Crippen LogP contribution in [0.3, 0.4) is 0 Å². The van der Waals surface area contributed by atoms with Gasteiger partial charge in [0.2, 0.25) is 0 Å². The van der Waals surface area contributed by atoms with E-state index in [1.54, 1.807) is 24.3 Å². The van der Waals surface area contributed by atoms with Crippen LogP contribution in [-0.2, 0) is 9.59 Å². The number of amides is 1. The zero-order valence-electron chi connectivity index (χ0n) is 14.9. The summed E-state index contributed by atoms with van der Waals surface area (Å²) in [6.45, 7) is 1.89. The number of aliphatic hydroxyl groups is 1. The highest BCUT2D eigenvalue weighted by atomic mass is 35.5. The molecule has 0 radical (unpaired) electrons. The van der Waals surface area contributed by atoms with Crippen molar-refractivity contribution in [3.05, 3.63) is 92.6 Å². The number of ketones is 1. The molecular weight excluding hydrogens is 394 g/mol. The highest BCUT2D eigenvalue weighted by Crippen LogP contribution is 2.44. The van der Waals surface area contributed by atoms with Gasteiger partial charge in [0.15, 0.2) is 0 Å². The normalized spacial score (nSPS) is 18.6. The van der Waals surface area contributed by atoms with Crippen LogP contribution in [-0.4, -0.2) is 16.8 Å². The van der Waals surface area contributed by atoms with Crippen LogP contribution < -0.4 is 4.90 Å². The Balaban J connectivity index is 1.94. The van der Waals surface area contributed by atoms with Gasteiger partial charge in [-0.1, -0.05) is 35.9 Å². The first-order valence-electron chi connectivity index (χ1n) is 8.65. The lowest BCUT2D eigenvalue weighted by atomic mass is 9.99. The number of carbonyl (C=O) groups is 2. The Hall–Kier alpha value is -2.89. The van der Waals surface area contributed by atoms with Crippen molar-refractivity contribution in [2.24, 2.45) is 0 Å². The minimum atomic E-state index is -0.700. The molecule has 1 aliphatic heterocycles. The molecular formula is C22H16ClNO3S. The average Bonchev–Trinajstić information content (AvgIpc) is 3.30.